The first kappa shape index (κ1) is 18.3. The number of anilines is 1. The van der Waals surface area contributed by atoms with Gasteiger partial charge in [0.1, 0.15) is 0 Å². The molecule has 0 unspecified atom stereocenters. The standard InChI is InChI=1S/C23H19N5O/c1-17-11-13-19(14-12-17)28-22(25-26-27-28)15-16-24-21-10-6-5-9-20(21)23(29)18-7-3-2-4-8-18/h2-16,24H,1H3. The van der Waals surface area contributed by atoms with Gasteiger partial charge in [-0.25, -0.2) is 0 Å². The molecule has 1 heterocycles. The first-order chi connectivity index (χ1) is 14.2. The molecule has 0 atom stereocenters. The number of aromatic nitrogens is 4. The fraction of sp³-hybridized carbons (Fsp3) is 0.0435. The molecule has 1 N–H and O–H groups in total. The first-order valence-electron chi connectivity index (χ1n) is 9.20. The quantitative estimate of drug-likeness (QED) is 0.505. The van der Waals surface area contributed by atoms with Gasteiger partial charge >= 0.3 is 0 Å². The summed E-state index contributed by atoms with van der Waals surface area (Å²) >= 11 is 0. The topological polar surface area (TPSA) is 72.7 Å². The van der Waals surface area contributed by atoms with Crippen LogP contribution in [0.5, 0.6) is 0 Å². The molecule has 29 heavy (non-hydrogen) atoms. The number of para-hydroxylation sites is 1. The van der Waals surface area contributed by atoms with Gasteiger partial charge in [0.25, 0.3) is 0 Å². The molecule has 142 valence electrons. The summed E-state index contributed by atoms with van der Waals surface area (Å²) < 4.78 is 1.65. The molecule has 0 amide bonds. The van der Waals surface area contributed by atoms with Crippen LogP contribution in [0.25, 0.3) is 11.8 Å². The van der Waals surface area contributed by atoms with Gasteiger partial charge in [-0.1, -0.05) is 60.2 Å². The number of carbonyl (C=O) groups excluding carboxylic acids is 1. The van der Waals surface area contributed by atoms with Crippen LogP contribution in [0.2, 0.25) is 0 Å². The average Bonchev–Trinajstić information content (AvgIpc) is 3.23. The minimum Gasteiger partial charge on any atom is -0.361 e. The van der Waals surface area contributed by atoms with Gasteiger partial charge in [-0.2, -0.15) is 4.68 Å². The van der Waals surface area contributed by atoms with Gasteiger partial charge in [-0.05, 0) is 41.6 Å². The molecule has 6 nitrogen and oxygen atoms in total. The molecular weight excluding hydrogens is 362 g/mol. The highest BCUT2D eigenvalue weighted by Gasteiger charge is 2.12. The average molecular weight is 381 g/mol. The molecule has 1 aromatic heterocycles. The fourth-order valence-corrected chi connectivity index (χ4v) is 2.93. The van der Waals surface area contributed by atoms with Crippen molar-refractivity contribution in [1.29, 1.82) is 0 Å². The Balaban J connectivity index is 1.55. The van der Waals surface area contributed by atoms with Gasteiger partial charge in [-0.15, -0.1) is 5.10 Å². The Kier molecular flexibility index (Phi) is 5.25. The maximum absolute atomic E-state index is 12.8. The third kappa shape index (κ3) is 4.11. The van der Waals surface area contributed by atoms with Gasteiger partial charge in [0.05, 0.1) is 5.69 Å². The zero-order valence-electron chi connectivity index (χ0n) is 15.9. The summed E-state index contributed by atoms with van der Waals surface area (Å²) in [6.07, 6.45) is 3.50. The van der Waals surface area contributed by atoms with Crippen molar-refractivity contribution in [3.63, 3.8) is 0 Å². The van der Waals surface area contributed by atoms with E-state index in [1.54, 1.807) is 17.0 Å². The van der Waals surface area contributed by atoms with Gasteiger partial charge in [-0.3, -0.25) is 4.79 Å². The van der Waals surface area contributed by atoms with E-state index in [4.69, 9.17) is 0 Å². The molecule has 0 spiro atoms. The SMILES string of the molecule is Cc1ccc(-n2nnnc2C=CNc2ccccc2C(=O)c2ccccc2)cc1. The number of tetrazole rings is 1. The maximum Gasteiger partial charge on any atom is 0.195 e. The van der Waals surface area contributed by atoms with E-state index in [0.717, 1.165) is 5.69 Å². The lowest BCUT2D eigenvalue weighted by molar-refractivity contribution is 0.103. The predicted molar refractivity (Wildman–Crippen MR) is 113 cm³/mol. The number of aryl methyl sites for hydroxylation is 1. The summed E-state index contributed by atoms with van der Waals surface area (Å²) in [5.74, 6) is 0.541. The Labute approximate surface area is 168 Å². The third-order valence-electron chi connectivity index (χ3n) is 4.45. The normalized spacial score (nSPS) is 10.9. The highest BCUT2D eigenvalue weighted by Crippen LogP contribution is 2.19. The predicted octanol–water partition coefficient (Wildman–Crippen LogP) is 4.28. The second kappa shape index (κ2) is 8.31. The second-order valence-corrected chi connectivity index (χ2v) is 6.50. The van der Waals surface area contributed by atoms with Crippen LogP contribution in [-0.4, -0.2) is 26.0 Å². The zero-order chi connectivity index (χ0) is 20.1. The van der Waals surface area contributed by atoms with E-state index in [0.29, 0.717) is 22.6 Å². The molecule has 3 aromatic carbocycles. The van der Waals surface area contributed by atoms with Crippen LogP contribution in [0.3, 0.4) is 0 Å². The first-order valence-corrected chi connectivity index (χ1v) is 9.20. The summed E-state index contributed by atoms with van der Waals surface area (Å²) in [5.41, 5.74) is 4.00. The lowest BCUT2D eigenvalue weighted by atomic mass is 10.0. The van der Waals surface area contributed by atoms with Crippen molar-refractivity contribution in [3.05, 3.63) is 108 Å². The molecule has 0 fully saturated rings. The van der Waals surface area contributed by atoms with E-state index in [9.17, 15) is 4.79 Å². The lowest BCUT2D eigenvalue weighted by Crippen LogP contribution is -2.05. The van der Waals surface area contributed by atoms with Crippen molar-refractivity contribution in [3.8, 4) is 5.69 Å². The Morgan fingerprint density at radius 2 is 1.66 bits per heavy atom. The van der Waals surface area contributed by atoms with E-state index in [1.165, 1.54) is 5.56 Å². The highest BCUT2D eigenvalue weighted by molar-refractivity contribution is 6.12. The highest BCUT2D eigenvalue weighted by atomic mass is 16.1. The van der Waals surface area contributed by atoms with E-state index < -0.39 is 0 Å². The molecule has 4 aromatic rings. The van der Waals surface area contributed by atoms with E-state index in [1.807, 2.05) is 85.8 Å². The van der Waals surface area contributed by atoms with E-state index in [-0.39, 0.29) is 5.78 Å². The number of rotatable bonds is 6. The number of hydrogen-bond acceptors (Lipinski definition) is 5. The Hall–Kier alpha value is -4.06. The summed E-state index contributed by atoms with van der Waals surface area (Å²) in [6.45, 7) is 2.03. The van der Waals surface area contributed by atoms with Crippen LogP contribution >= 0.6 is 0 Å². The Morgan fingerprint density at radius 3 is 2.45 bits per heavy atom. The van der Waals surface area contributed by atoms with Crippen LogP contribution in [0, 0.1) is 6.92 Å². The number of hydrogen-bond donors (Lipinski definition) is 1. The number of ketones is 1. The molecule has 0 aliphatic rings. The minimum absolute atomic E-state index is 0.0356. The molecular formula is C23H19N5O. The van der Waals surface area contributed by atoms with Crippen LogP contribution in [-0.2, 0) is 0 Å². The van der Waals surface area contributed by atoms with Crippen molar-refractivity contribution in [1.82, 2.24) is 20.2 Å². The van der Waals surface area contributed by atoms with Gasteiger partial charge < -0.3 is 5.32 Å². The molecule has 0 aliphatic carbocycles. The van der Waals surface area contributed by atoms with Crippen LogP contribution in [0.1, 0.15) is 27.3 Å². The Morgan fingerprint density at radius 1 is 0.931 bits per heavy atom. The van der Waals surface area contributed by atoms with E-state index >= 15 is 0 Å². The van der Waals surface area contributed by atoms with Crippen molar-refractivity contribution < 1.29 is 4.79 Å². The summed E-state index contributed by atoms with van der Waals surface area (Å²) in [4.78, 5) is 12.8. The fourth-order valence-electron chi connectivity index (χ4n) is 2.93. The van der Waals surface area contributed by atoms with Crippen molar-refractivity contribution in [2.45, 2.75) is 6.92 Å². The number of carbonyl (C=O) groups is 1. The monoisotopic (exact) mass is 381 g/mol. The molecule has 0 radical (unpaired) electrons. The van der Waals surface area contributed by atoms with Crippen LogP contribution in [0.4, 0.5) is 5.69 Å². The molecule has 6 heteroatoms. The lowest BCUT2D eigenvalue weighted by Gasteiger charge is -2.08. The van der Waals surface area contributed by atoms with Crippen molar-refractivity contribution >= 4 is 17.5 Å². The third-order valence-corrected chi connectivity index (χ3v) is 4.45. The van der Waals surface area contributed by atoms with Crippen molar-refractivity contribution in [2.75, 3.05) is 5.32 Å². The van der Waals surface area contributed by atoms with Crippen LogP contribution < -0.4 is 5.32 Å². The summed E-state index contributed by atoms with van der Waals surface area (Å²) in [5, 5.41) is 15.1. The summed E-state index contributed by atoms with van der Waals surface area (Å²) in [7, 11) is 0. The van der Waals surface area contributed by atoms with Crippen molar-refractivity contribution in [2.24, 2.45) is 0 Å². The van der Waals surface area contributed by atoms with E-state index in [2.05, 4.69) is 20.8 Å². The minimum atomic E-state index is -0.0356. The molecule has 0 saturated heterocycles. The number of benzene rings is 3. The molecule has 0 bridgehead atoms. The molecule has 0 saturated carbocycles. The van der Waals surface area contributed by atoms with Gasteiger partial charge in [0.15, 0.2) is 11.6 Å². The second-order valence-electron chi connectivity index (χ2n) is 6.50. The number of nitrogens with zero attached hydrogens (tertiary/aromatic N) is 4. The largest absolute Gasteiger partial charge is 0.361 e. The maximum atomic E-state index is 12.8. The van der Waals surface area contributed by atoms with Gasteiger partial charge in [0, 0.05) is 29.1 Å². The Bertz CT molecular complexity index is 1150. The molecule has 0 aliphatic heterocycles. The van der Waals surface area contributed by atoms with Crippen LogP contribution in [0.15, 0.2) is 85.1 Å². The number of nitrogens with one attached hydrogen (secondary N) is 1. The smallest absolute Gasteiger partial charge is 0.195 e. The van der Waals surface area contributed by atoms with Gasteiger partial charge in [0.2, 0.25) is 0 Å². The molecule has 4 rings (SSSR count). The zero-order valence-corrected chi connectivity index (χ0v) is 15.9. The summed E-state index contributed by atoms with van der Waals surface area (Å²) in [6, 6.07) is 24.6.